The van der Waals surface area contributed by atoms with E-state index in [0.29, 0.717) is 12.1 Å². The molecule has 1 aromatic rings. The fraction of sp³-hybridized carbons (Fsp3) is 0.789. The lowest BCUT2D eigenvalue weighted by molar-refractivity contribution is 0.0364. The summed E-state index contributed by atoms with van der Waals surface area (Å²) in [5.41, 5.74) is 1.23. The van der Waals surface area contributed by atoms with Gasteiger partial charge in [-0.05, 0) is 38.8 Å². The SMILES string of the molecule is CN=C(NCC1(N2CCCCC2)CCCCC1)N(C)Cc1ccon1. The van der Waals surface area contributed by atoms with E-state index in [0.717, 1.165) is 18.2 Å². The number of hydrogen-bond donors (Lipinski definition) is 1. The van der Waals surface area contributed by atoms with Crippen LogP contribution in [0.2, 0.25) is 0 Å². The molecule has 0 spiro atoms. The van der Waals surface area contributed by atoms with Gasteiger partial charge in [0.25, 0.3) is 0 Å². The number of aliphatic imine (C=N–C) groups is 1. The summed E-state index contributed by atoms with van der Waals surface area (Å²) in [7, 11) is 3.91. The number of aromatic nitrogens is 1. The maximum atomic E-state index is 4.94. The van der Waals surface area contributed by atoms with Gasteiger partial charge in [0.1, 0.15) is 12.0 Å². The highest BCUT2D eigenvalue weighted by Crippen LogP contribution is 2.35. The van der Waals surface area contributed by atoms with Gasteiger partial charge in [-0.2, -0.15) is 0 Å². The molecule has 0 radical (unpaired) electrons. The van der Waals surface area contributed by atoms with Gasteiger partial charge in [-0.25, -0.2) is 0 Å². The quantitative estimate of drug-likeness (QED) is 0.656. The average Bonchev–Trinajstić information content (AvgIpc) is 3.17. The highest BCUT2D eigenvalue weighted by Gasteiger charge is 2.38. The summed E-state index contributed by atoms with van der Waals surface area (Å²) in [6.07, 6.45) is 12.4. The molecule has 6 nitrogen and oxygen atoms in total. The minimum atomic E-state index is 0.309. The Morgan fingerprint density at radius 3 is 2.60 bits per heavy atom. The molecule has 0 unspecified atom stereocenters. The van der Waals surface area contributed by atoms with E-state index >= 15 is 0 Å². The molecule has 2 aliphatic rings. The van der Waals surface area contributed by atoms with Crippen LogP contribution in [0, 0.1) is 0 Å². The van der Waals surface area contributed by atoms with Crippen LogP contribution in [0.15, 0.2) is 21.8 Å². The molecule has 0 atom stereocenters. The van der Waals surface area contributed by atoms with Gasteiger partial charge in [-0.1, -0.05) is 30.8 Å². The van der Waals surface area contributed by atoms with Crippen LogP contribution in [0.1, 0.15) is 57.1 Å². The van der Waals surface area contributed by atoms with Crippen molar-refractivity contribution in [2.24, 2.45) is 4.99 Å². The van der Waals surface area contributed by atoms with Gasteiger partial charge in [0.2, 0.25) is 0 Å². The van der Waals surface area contributed by atoms with E-state index in [1.165, 1.54) is 64.5 Å². The predicted molar refractivity (Wildman–Crippen MR) is 101 cm³/mol. The number of rotatable bonds is 5. The normalized spacial score (nSPS) is 21.9. The number of likely N-dealkylation sites (tertiary alicyclic amines) is 1. The summed E-state index contributed by atoms with van der Waals surface area (Å²) in [4.78, 5) is 9.37. The van der Waals surface area contributed by atoms with Gasteiger partial charge in [-0.3, -0.25) is 9.89 Å². The molecule has 6 heteroatoms. The number of hydrogen-bond acceptors (Lipinski definition) is 4. The average molecular weight is 348 g/mol. The Kier molecular flexibility index (Phi) is 6.34. The monoisotopic (exact) mass is 347 g/mol. The lowest BCUT2D eigenvalue weighted by atomic mass is 9.79. The van der Waals surface area contributed by atoms with Gasteiger partial charge in [0.05, 0.1) is 6.54 Å². The third kappa shape index (κ3) is 4.54. The van der Waals surface area contributed by atoms with Gasteiger partial charge in [0.15, 0.2) is 5.96 Å². The summed E-state index contributed by atoms with van der Waals surface area (Å²) in [5.74, 6) is 0.935. The van der Waals surface area contributed by atoms with E-state index in [9.17, 15) is 0 Å². The first kappa shape index (κ1) is 18.2. The molecule has 0 aromatic carbocycles. The molecular formula is C19H33N5O. The molecule has 0 amide bonds. The number of nitrogens with zero attached hydrogens (tertiary/aromatic N) is 4. The maximum absolute atomic E-state index is 4.94. The molecule has 2 fully saturated rings. The summed E-state index contributed by atoms with van der Waals surface area (Å²) >= 11 is 0. The molecule has 140 valence electrons. The Balaban J connectivity index is 1.62. The van der Waals surface area contributed by atoms with Crippen molar-refractivity contribution in [3.8, 4) is 0 Å². The first-order chi connectivity index (χ1) is 12.2. The van der Waals surface area contributed by atoms with Crippen LogP contribution in [0.25, 0.3) is 0 Å². The van der Waals surface area contributed by atoms with E-state index in [-0.39, 0.29) is 0 Å². The third-order valence-corrected chi connectivity index (χ3v) is 5.85. The maximum Gasteiger partial charge on any atom is 0.193 e. The lowest BCUT2D eigenvalue weighted by Crippen LogP contribution is -2.59. The van der Waals surface area contributed by atoms with Crippen molar-refractivity contribution < 1.29 is 4.52 Å². The van der Waals surface area contributed by atoms with Crippen molar-refractivity contribution in [3.05, 3.63) is 18.0 Å². The van der Waals surface area contributed by atoms with Crippen molar-refractivity contribution in [1.82, 2.24) is 20.3 Å². The van der Waals surface area contributed by atoms with Gasteiger partial charge in [-0.15, -0.1) is 0 Å². The minimum Gasteiger partial charge on any atom is -0.364 e. The Hall–Kier alpha value is -1.56. The Bertz CT molecular complexity index is 530. The van der Waals surface area contributed by atoms with E-state index in [1.807, 2.05) is 13.1 Å². The summed E-state index contributed by atoms with van der Waals surface area (Å²) < 4.78 is 4.94. The van der Waals surface area contributed by atoms with Crippen LogP contribution in [-0.4, -0.2) is 60.2 Å². The van der Waals surface area contributed by atoms with Gasteiger partial charge in [0, 0.05) is 32.2 Å². The van der Waals surface area contributed by atoms with Gasteiger partial charge < -0.3 is 14.7 Å². The minimum absolute atomic E-state index is 0.309. The zero-order chi connectivity index (χ0) is 17.5. The predicted octanol–water partition coefficient (Wildman–Crippen LogP) is 2.87. The lowest BCUT2D eigenvalue weighted by Gasteiger charge is -2.48. The molecule has 1 aliphatic carbocycles. The number of nitrogens with one attached hydrogen (secondary N) is 1. The standard InChI is InChI=1S/C19H33N5O/c1-20-18(23(2)15-17-9-14-25-22-17)21-16-19(10-5-3-6-11-19)24-12-7-4-8-13-24/h9,14H,3-8,10-13,15-16H2,1-2H3,(H,20,21). The molecule has 1 aliphatic heterocycles. The number of guanidine groups is 1. The fourth-order valence-electron chi connectivity index (χ4n) is 4.45. The van der Waals surface area contributed by atoms with Crippen LogP contribution in [0.5, 0.6) is 0 Å². The smallest absolute Gasteiger partial charge is 0.193 e. The molecule has 2 heterocycles. The van der Waals surface area contributed by atoms with E-state index < -0.39 is 0 Å². The second-order valence-electron chi connectivity index (χ2n) is 7.58. The Labute approximate surface area is 151 Å². The second-order valence-corrected chi connectivity index (χ2v) is 7.58. The number of piperidine rings is 1. The van der Waals surface area contributed by atoms with E-state index in [1.54, 1.807) is 6.26 Å². The molecule has 1 aromatic heterocycles. The van der Waals surface area contributed by atoms with Gasteiger partial charge >= 0.3 is 0 Å². The highest BCUT2D eigenvalue weighted by atomic mass is 16.5. The van der Waals surface area contributed by atoms with E-state index in [4.69, 9.17) is 4.52 Å². The Morgan fingerprint density at radius 2 is 1.96 bits per heavy atom. The highest BCUT2D eigenvalue weighted by molar-refractivity contribution is 5.79. The van der Waals surface area contributed by atoms with Crippen LogP contribution in [0.4, 0.5) is 0 Å². The fourth-order valence-corrected chi connectivity index (χ4v) is 4.45. The molecule has 0 bridgehead atoms. The largest absolute Gasteiger partial charge is 0.364 e. The zero-order valence-corrected chi connectivity index (χ0v) is 15.8. The van der Waals surface area contributed by atoms with Crippen molar-refractivity contribution in [2.75, 3.05) is 33.7 Å². The topological polar surface area (TPSA) is 56.9 Å². The first-order valence-electron chi connectivity index (χ1n) is 9.80. The molecular weight excluding hydrogens is 314 g/mol. The molecule has 1 N–H and O–H groups in total. The van der Waals surface area contributed by atoms with Crippen LogP contribution >= 0.6 is 0 Å². The van der Waals surface area contributed by atoms with Crippen molar-refractivity contribution in [2.45, 2.75) is 63.5 Å². The van der Waals surface area contributed by atoms with E-state index in [2.05, 4.69) is 32.3 Å². The van der Waals surface area contributed by atoms with Crippen molar-refractivity contribution in [3.63, 3.8) is 0 Å². The van der Waals surface area contributed by atoms with Crippen LogP contribution < -0.4 is 5.32 Å². The Morgan fingerprint density at radius 1 is 1.24 bits per heavy atom. The third-order valence-electron chi connectivity index (χ3n) is 5.85. The summed E-state index contributed by atoms with van der Waals surface area (Å²) in [6, 6.07) is 1.90. The van der Waals surface area contributed by atoms with Crippen molar-refractivity contribution in [1.29, 1.82) is 0 Å². The second kappa shape index (κ2) is 8.70. The summed E-state index contributed by atoms with van der Waals surface area (Å²) in [6.45, 7) is 4.21. The van der Waals surface area contributed by atoms with Crippen LogP contribution in [0.3, 0.4) is 0 Å². The van der Waals surface area contributed by atoms with Crippen LogP contribution in [-0.2, 0) is 6.54 Å². The van der Waals surface area contributed by atoms with Crippen molar-refractivity contribution >= 4 is 5.96 Å². The zero-order valence-electron chi connectivity index (χ0n) is 15.8. The molecule has 1 saturated carbocycles. The summed E-state index contributed by atoms with van der Waals surface area (Å²) in [5, 5.41) is 7.67. The molecule has 1 saturated heterocycles. The molecule has 3 rings (SSSR count). The molecule has 25 heavy (non-hydrogen) atoms. The first-order valence-corrected chi connectivity index (χ1v) is 9.80.